The van der Waals surface area contributed by atoms with Crippen molar-refractivity contribution in [1.82, 2.24) is 0 Å². The van der Waals surface area contributed by atoms with Gasteiger partial charge in [0.05, 0.1) is 0 Å². The number of hydrogen-bond donors (Lipinski definition) is 0. The minimum atomic E-state index is 0.979. The van der Waals surface area contributed by atoms with E-state index in [0.29, 0.717) is 0 Å². The Morgan fingerprint density at radius 3 is 1.81 bits per heavy atom. The van der Waals surface area contributed by atoms with Gasteiger partial charge in [0.1, 0.15) is 0 Å². The van der Waals surface area contributed by atoms with Gasteiger partial charge in [-0.2, -0.15) is 0 Å². The minimum Gasteiger partial charge on any atom is -0.372 e. The van der Waals surface area contributed by atoms with E-state index in [0.717, 1.165) is 13.1 Å². The summed E-state index contributed by atoms with van der Waals surface area (Å²) < 4.78 is 0. The van der Waals surface area contributed by atoms with Crippen LogP contribution in [0.25, 0.3) is 28.3 Å². The topological polar surface area (TPSA) is 3.24 Å². The van der Waals surface area contributed by atoms with Gasteiger partial charge in [-0.05, 0) is 42.2 Å². The fourth-order valence-electron chi connectivity index (χ4n) is 3.56. The standard InChI is InChI=1S/C26H27N/c1-4-7-14-23-19-20-24(27(5-2)6-3)26(22-17-12-9-13-18-22)25(23)21-15-10-8-11-16-21/h4,7-20H,1,5-6H2,2-3H3/b14-7+. The molecule has 136 valence electrons. The van der Waals surface area contributed by atoms with Crippen molar-refractivity contribution in [2.24, 2.45) is 0 Å². The largest absolute Gasteiger partial charge is 0.372 e. The van der Waals surface area contributed by atoms with Crippen LogP contribution in [0.3, 0.4) is 0 Å². The molecule has 0 aromatic heterocycles. The highest BCUT2D eigenvalue weighted by molar-refractivity contribution is 5.96. The molecule has 0 radical (unpaired) electrons. The van der Waals surface area contributed by atoms with Gasteiger partial charge in [0.25, 0.3) is 0 Å². The van der Waals surface area contributed by atoms with Gasteiger partial charge in [0.2, 0.25) is 0 Å². The number of hydrogen-bond acceptors (Lipinski definition) is 1. The molecule has 0 aliphatic carbocycles. The maximum absolute atomic E-state index is 3.84. The second-order valence-electron chi connectivity index (χ2n) is 6.42. The van der Waals surface area contributed by atoms with E-state index < -0.39 is 0 Å². The van der Waals surface area contributed by atoms with Crippen LogP contribution in [0.4, 0.5) is 5.69 Å². The van der Waals surface area contributed by atoms with Crippen molar-refractivity contribution in [1.29, 1.82) is 0 Å². The molecule has 0 amide bonds. The van der Waals surface area contributed by atoms with E-state index in [-0.39, 0.29) is 0 Å². The van der Waals surface area contributed by atoms with Crippen LogP contribution >= 0.6 is 0 Å². The predicted octanol–water partition coefficient (Wildman–Crippen LogP) is 7.07. The van der Waals surface area contributed by atoms with Crippen molar-refractivity contribution in [2.75, 3.05) is 18.0 Å². The first-order chi connectivity index (χ1) is 13.3. The molecule has 0 aliphatic rings. The number of rotatable bonds is 7. The summed E-state index contributed by atoms with van der Waals surface area (Å²) in [4.78, 5) is 2.43. The van der Waals surface area contributed by atoms with Gasteiger partial charge in [-0.1, -0.05) is 91.5 Å². The maximum atomic E-state index is 3.84. The Morgan fingerprint density at radius 2 is 1.30 bits per heavy atom. The lowest BCUT2D eigenvalue weighted by atomic mass is 9.88. The molecule has 0 saturated heterocycles. The number of allylic oxidation sites excluding steroid dienone is 2. The van der Waals surface area contributed by atoms with Crippen LogP contribution in [0.5, 0.6) is 0 Å². The first-order valence-electron chi connectivity index (χ1n) is 9.62. The molecule has 0 heterocycles. The lowest BCUT2D eigenvalue weighted by Crippen LogP contribution is -2.22. The summed E-state index contributed by atoms with van der Waals surface area (Å²) in [5, 5.41) is 0. The average Bonchev–Trinajstić information content (AvgIpc) is 2.74. The molecule has 0 atom stereocenters. The van der Waals surface area contributed by atoms with Crippen molar-refractivity contribution in [3.63, 3.8) is 0 Å². The van der Waals surface area contributed by atoms with Crippen LogP contribution in [-0.4, -0.2) is 13.1 Å². The Bertz CT molecular complexity index is 904. The van der Waals surface area contributed by atoms with Crippen LogP contribution in [0, 0.1) is 0 Å². The van der Waals surface area contributed by atoms with Crippen molar-refractivity contribution in [3.8, 4) is 22.3 Å². The van der Waals surface area contributed by atoms with Gasteiger partial charge in [-0.3, -0.25) is 0 Å². The highest BCUT2D eigenvalue weighted by atomic mass is 15.1. The summed E-state index contributed by atoms with van der Waals surface area (Å²) in [6.45, 7) is 10.2. The summed E-state index contributed by atoms with van der Waals surface area (Å²) >= 11 is 0. The monoisotopic (exact) mass is 353 g/mol. The van der Waals surface area contributed by atoms with Crippen LogP contribution < -0.4 is 4.90 Å². The fraction of sp³-hybridized carbons (Fsp3) is 0.154. The summed E-state index contributed by atoms with van der Waals surface area (Å²) in [6.07, 6.45) is 5.98. The van der Waals surface area contributed by atoms with E-state index in [1.165, 1.54) is 33.5 Å². The highest BCUT2D eigenvalue weighted by Crippen LogP contribution is 2.42. The molecule has 0 unspecified atom stereocenters. The second-order valence-corrected chi connectivity index (χ2v) is 6.42. The molecule has 27 heavy (non-hydrogen) atoms. The van der Waals surface area contributed by atoms with Gasteiger partial charge in [-0.25, -0.2) is 0 Å². The fourth-order valence-corrected chi connectivity index (χ4v) is 3.56. The van der Waals surface area contributed by atoms with E-state index in [1.54, 1.807) is 0 Å². The summed E-state index contributed by atoms with van der Waals surface area (Å²) in [5.74, 6) is 0. The Kier molecular flexibility index (Phi) is 6.27. The van der Waals surface area contributed by atoms with E-state index >= 15 is 0 Å². The molecule has 1 nitrogen and oxygen atoms in total. The van der Waals surface area contributed by atoms with Crippen molar-refractivity contribution in [2.45, 2.75) is 13.8 Å². The molecule has 3 aromatic carbocycles. The van der Waals surface area contributed by atoms with Gasteiger partial charge >= 0.3 is 0 Å². The van der Waals surface area contributed by atoms with E-state index in [1.807, 2.05) is 12.2 Å². The zero-order valence-corrected chi connectivity index (χ0v) is 16.2. The van der Waals surface area contributed by atoms with Gasteiger partial charge in [0.15, 0.2) is 0 Å². The first kappa shape index (κ1) is 18.7. The summed E-state index contributed by atoms with van der Waals surface area (Å²) in [5.41, 5.74) is 7.51. The first-order valence-corrected chi connectivity index (χ1v) is 9.62. The Labute approximate surface area is 163 Å². The quantitative estimate of drug-likeness (QED) is 0.411. The second kappa shape index (κ2) is 9.05. The van der Waals surface area contributed by atoms with Crippen LogP contribution in [0.15, 0.2) is 91.5 Å². The van der Waals surface area contributed by atoms with Crippen LogP contribution in [0.1, 0.15) is 19.4 Å². The lowest BCUT2D eigenvalue weighted by molar-refractivity contribution is 0.867. The minimum absolute atomic E-state index is 0.979. The number of benzene rings is 3. The predicted molar refractivity (Wildman–Crippen MR) is 120 cm³/mol. The van der Waals surface area contributed by atoms with Crippen LogP contribution in [-0.2, 0) is 0 Å². The molecule has 0 spiro atoms. The SMILES string of the molecule is C=C/C=C/c1ccc(N(CC)CC)c(-c2ccccc2)c1-c1ccccc1. The van der Waals surface area contributed by atoms with Gasteiger partial charge in [0, 0.05) is 24.3 Å². The third kappa shape index (κ3) is 4.03. The molecule has 0 saturated carbocycles. The lowest BCUT2D eigenvalue weighted by Gasteiger charge is -2.27. The Morgan fingerprint density at radius 1 is 0.741 bits per heavy atom. The molecule has 3 aromatic rings. The molecule has 1 heteroatoms. The molecular weight excluding hydrogens is 326 g/mol. The Hall–Kier alpha value is -3.06. The molecular formula is C26H27N. The van der Waals surface area contributed by atoms with Crippen LogP contribution in [0.2, 0.25) is 0 Å². The van der Waals surface area contributed by atoms with Crippen molar-refractivity contribution < 1.29 is 0 Å². The number of anilines is 1. The smallest absolute Gasteiger partial charge is 0.0452 e. The number of nitrogens with zero attached hydrogens (tertiary/aromatic N) is 1. The summed E-state index contributed by atoms with van der Waals surface area (Å²) in [7, 11) is 0. The molecule has 0 fully saturated rings. The van der Waals surface area contributed by atoms with Gasteiger partial charge in [-0.15, -0.1) is 0 Å². The van der Waals surface area contributed by atoms with E-state index in [9.17, 15) is 0 Å². The normalized spacial score (nSPS) is 10.9. The molecule has 0 aliphatic heterocycles. The van der Waals surface area contributed by atoms with Gasteiger partial charge < -0.3 is 4.90 Å². The zero-order chi connectivity index (χ0) is 19.1. The average molecular weight is 354 g/mol. The van der Waals surface area contributed by atoms with Crippen molar-refractivity contribution in [3.05, 3.63) is 97.1 Å². The maximum Gasteiger partial charge on any atom is 0.0452 e. The van der Waals surface area contributed by atoms with Crippen molar-refractivity contribution >= 4 is 11.8 Å². The van der Waals surface area contributed by atoms with E-state index in [4.69, 9.17) is 0 Å². The zero-order valence-electron chi connectivity index (χ0n) is 16.2. The Balaban J connectivity index is 2.39. The molecule has 0 N–H and O–H groups in total. The molecule has 3 rings (SSSR count). The van der Waals surface area contributed by atoms with E-state index in [2.05, 4.69) is 104 Å². The highest BCUT2D eigenvalue weighted by Gasteiger charge is 2.18. The third-order valence-corrected chi connectivity index (χ3v) is 4.86. The summed E-state index contributed by atoms with van der Waals surface area (Å²) in [6, 6.07) is 25.9. The molecule has 0 bridgehead atoms. The third-order valence-electron chi connectivity index (χ3n) is 4.86.